The highest BCUT2D eigenvalue weighted by Crippen LogP contribution is 2.35. The van der Waals surface area contributed by atoms with E-state index >= 15 is 0 Å². The van der Waals surface area contributed by atoms with E-state index in [1.165, 1.54) is 12.8 Å². The summed E-state index contributed by atoms with van der Waals surface area (Å²) in [4.78, 5) is 2.57. The third kappa shape index (κ3) is 2.87. The number of nitrogens with two attached hydrogens (primary N) is 1. The average Bonchev–Trinajstić information content (AvgIpc) is 2.37. The van der Waals surface area contributed by atoms with Crippen molar-refractivity contribution in [2.45, 2.75) is 63.4 Å². The molecular weight excluding hydrogens is 228 g/mol. The first kappa shape index (κ1) is 14.3. The fraction of sp³-hybridized carbons (Fsp3) is 1.00. The zero-order chi connectivity index (χ0) is 13.2. The van der Waals surface area contributed by atoms with Crippen molar-refractivity contribution in [1.29, 1.82) is 0 Å². The molecule has 18 heavy (non-hydrogen) atoms. The normalized spacial score (nSPS) is 43.0. The molecule has 106 valence electrons. The molecule has 4 heteroatoms. The number of likely N-dealkylation sites (tertiary alicyclic amines) is 1. The maximum Gasteiger partial charge on any atom is 0.0698 e. The third-order valence-corrected chi connectivity index (χ3v) is 4.56. The smallest absolute Gasteiger partial charge is 0.0698 e. The van der Waals surface area contributed by atoms with Gasteiger partial charge in [-0.3, -0.25) is 4.90 Å². The molecule has 2 N–H and O–H groups in total. The van der Waals surface area contributed by atoms with Crippen LogP contribution in [0.2, 0.25) is 0 Å². The quantitative estimate of drug-likeness (QED) is 0.829. The summed E-state index contributed by atoms with van der Waals surface area (Å²) in [6, 6.07) is 0. The van der Waals surface area contributed by atoms with Gasteiger partial charge in [-0.05, 0) is 46.1 Å². The third-order valence-electron chi connectivity index (χ3n) is 4.56. The predicted octanol–water partition coefficient (Wildman–Crippen LogP) is 1.38. The van der Waals surface area contributed by atoms with Crippen LogP contribution >= 0.6 is 0 Å². The van der Waals surface area contributed by atoms with Crippen LogP contribution in [-0.2, 0) is 9.47 Å². The largest absolute Gasteiger partial charge is 0.380 e. The van der Waals surface area contributed by atoms with Crippen molar-refractivity contribution >= 4 is 0 Å². The molecule has 3 atom stereocenters. The van der Waals surface area contributed by atoms with Crippen LogP contribution in [0.15, 0.2) is 0 Å². The van der Waals surface area contributed by atoms with Gasteiger partial charge in [-0.15, -0.1) is 0 Å². The van der Waals surface area contributed by atoms with Crippen LogP contribution in [0.4, 0.5) is 0 Å². The minimum atomic E-state index is 0.119. The molecule has 2 fully saturated rings. The van der Waals surface area contributed by atoms with Crippen LogP contribution in [0.5, 0.6) is 0 Å². The Labute approximate surface area is 111 Å². The molecule has 0 aliphatic carbocycles. The fourth-order valence-electron chi connectivity index (χ4n) is 3.76. The van der Waals surface area contributed by atoms with Gasteiger partial charge in [-0.1, -0.05) is 0 Å². The Balaban J connectivity index is 2.10. The topological polar surface area (TPSA) is 47.7 Å². The van der Waals surface area contributed by atoms with Gasteiger partial charge in [0.1, 0.15) is 0 Å². The molecule has 3 unspecified atom stereocenters. The summed E-state index contributed by atoms with van der Waals surface area (Å²) in [5, 5.41) is 0. The van der Waals surface area contributed by atoms with E-state index < -0.39 is 0 Å². The van der Waals surface area contributed by atoms with Crippen molar-refractivity contribution in [2.24, 2.45) is 5.73 Å². The van der Waals surface area contributed by atoms with Gasteiger partial charge in [0.25, 0.3) is 0 Å². The standard InChI is InChI=1S/C14H28N2O2/c1-11-7-14(10-15,8-12(2)18-11)16-6-4-5-13(9-16)17-3/h11-13H,4-10,15H2,1-3H3. The molecule has 0 bridgehead atoms. The maximum absolute atomic E-state index is 6.14. The second kappa shape index (κ2) is 5.87. The monoisotopic (exact) mass is 256 g/mol. The number of nitrogens with zero attached hydrogens (tertiary/aromatic N) is 1. The van der Waals surface area contributed by atoms with E-state index in [0.29, 0.717) is 18.3 Å². The molecule has 2 rings (SSSR count). The van der Waals surface area contributed by atoms with Crippen molar-refractivity contribution < 1.29 is 9.47 Å². The zero-order valence-corrected chi connectivity index (χ0v) is 12.0. The van der Waals surface area contributed by atoms with E-state index in [9.17, 15) is 0 Å². The number of hydrogen-bond donors (Lipinski definition) is 1. The van der Waals surface area contributed by atoms with Gasteiger partial charge in [0.05, 0.1) is 18.3 Å². The molecule has 0 radical (unpaired) electrons. The summed E-state index contributed by atoms with van der Waals surface area (Å²) in [7, 11) is 1.82. The number of methoxy groups -OCH3 is 1. The lowest BCUT2D eigenvalue weighted by molar-refractivity contribution is -0.118. The van der Waals surface area contributed by atoms with E-state index in [1.54, 1.807) is 0 Å². The van der Waals surface area contributed by atoms with Crippen LogP contribution in [-0.4, -0.2) is 55.5 Å². The summed E-state index contributed by atoms with van der Waals surface area (Å²) in [5.74, 6) is 0. The molecule has 0 amide bonds. The van der Waals surface area contributed by atoms with Gasteiger partial charge in [0.2, 0.25) is 0 Å². The van der Waals surface area contributed by atoms with E-state index in [4.69, 9.17) is 15.2 Å². The van der Waals surface area contributed by atoms with E-state index in [2.05, 4.69) is 18.7 Å². The number of piperidine rings is 1. The lowest BCUT2D eigenvalue weighted by Crippen LogP contribution is -2.62. The first-order valence-corrected chi connectivity index (χ1v) is 7.23. The Morgan fingerprint density at radius 2 is 2.00 bits per heavy atom. The van der Waals surface area contributed by atoms with Crippen molar-refractivity contribution in [3.8, 4) is 0 Å². The minimum absolute atomic E-state index is 0.119. The first-order chi connectivity index (χ1) is 8.59. The SMILES string of the molecule is COC1CCCN(C2(CN)CC(C)OC(C)C2)C1. The van der Waals surface area contributed by atoms with Gasteiger partial charge < -0.3 is 15.2 Å². The van der Waals surface area contributed by atoms with E-state index in [-0.39, 0.29) is 5.54 Å². The molecule has 0 saturated carbocycles. The lowest BCUT2D eigenvalue weighted by atomic mass is 9.81. The van der Waals surface area contributed by atoms with Gasteiger partial charge in [-0.2, -0.15) is 0 Å². The highest BCUT2D eigenvalue weighted by atomic mass is 16.5. The Morgan fingerprint density at radius 3 is 2.56 bits per heavy atom. The Morgan fingerprint density at radius 1 is 1.33 bits per heavy atom. The minimum Gasteiger partial charge on any atom is -0.380 e. The summed E-state index contributed by atoms with van der Waals surface area (Å²) < 4.78 is 11.4. The van der Waals surface area contributed by atoms with Gasteiger partial charge in [0, 0.05) is 25.7 Å². The van der Waals surface area contributed by atoms with Crippen LogP contribution in [0.1, 0.15) is 39.5 Å². The summed E-state index contributed by atoms with van der Waals surface area (Å²) in [5.41, 5.74) is 6.26. The molecule has 2 saturated heterocycles. The van der Waals surface area contributed by atoms with Crippen molar-refractivity contribution in [3.63, 3.8) is 0 Å². The molecular formula is C14H28N2O2. The molecule has 2 aliphatic heterocycles. The summed E-state index contributed by atoms with van der Waals surface area (Å²) in [6.45, 7) is 7.22. The number of hydrogen-bond acceptors (Lipinski definition) is 4. The highest BCUT2D eigenvalue weighted by molar-refractivity contribution is 4.99. The molecule has 0 aromatic heterocycles. The molecule has 2 heterocycles. The fourth-order valence-corrected chi connectivity index (χ4v) is 3.76. The van der Waals surface area contributed by atoms with Gasteiger partial charge >= 0.3 is 0 Å². The van der Waals surface area contributed by atoms with Crippen molar-refractivity contribution in [2.75, 3.05) is 26.7 Å². The van der Waals surface area contributed by atoms with Crippen LogP contribution in [0.3, 0.4) is 0 Å². The lowest BCUT2D eigenvalue weighted by Gasteiger charge is -2.51. The highest BCUT2D eigenvalue weighted by Gasteiger charge is 2.43. The Kier molecular flexibility index (Phi) is 4.64. The van der Waals surface area contributed by atoms with Gasteiger partial charge in [0.15, 0.2) is 0 Å². The molecule has 0 aromatic carbocycles. The predicted molar refractivity (Wildman–Crippen MR) is 72.6 cm³/mol. The van der Waals surface area contributed by atoms with Crippen molar-refractivity contribution in [1.82, 2.24) is 4.90 Å². The maximum atomic E-state index is 6.14. The van der Waals surface area contributed by atoms with E-state index in [1.807, 2.05) is 7.11 Å². The second-order valence-electron chi connectivity index (χ2n) is 6.04. The first-order valence-electron chi connectivity index (χ1n) is 7.23. The summed E-state index contributed by atoms with van der Waals surface area (Å²) >= 11 is 0. The van der Waals surface area contributed by atoms with Gasteiger partial charge in [-0.25, -0.2) is 0 Å². The average molecular weight is 256 g/mol. The van der Waals surface area contributed by atoms with Crippen LogP contribution in [0.25, 0.3) is 0 Å². The van der Waals surface area contributed by atoms with E-state index in [0.717, 1.165) is 32.5 Å². The number of rotatable bonds is 3. The molecule has 0 spiro atoms. The summed E-state index contributed by atoms with van der Waals surface area (Å²) in [6.07, 6.45) is 5.46. The van der Waals surface area contributed by atoms with Crippen molar-refractivity contribution in [3.05, 3.63) is 0 Å². The van der Waals surface area contributed by atoms with Crippen LogP contribution < -0.4 is 5.73 Å². The Hall–Kier alpha value is -0.160. The second-order valence-corrected chi connectivity index (χ2v) is 6.04. The molecule has 2 aliphatic rings. The molecule has 4 nitrogen and oxygen atoms in total. The Bertz CT molecular complexity index is 263. The number of ether oxygens (including phenoxy) is 2. The van der Waals surface area contributed by atoms with Crippen LogP contribution in [0, 0.1) is 0 Å². The molecule has 0 aromatic rings. The zero-order valence-electron chi connectivity index (χ0n) is 12.0.